The molecule has 1 aromatic heterocycles. The number of aromatic amines is 1. The molecule has 0 aliphatic rings. The molecule has 2 aromatic carbocycles. The van der Waals surface area contributed by atoms with Crippen LogP contribution in [0.25, 0.3) is 10.9 Å². The summed E-state index contributed by atoms with van der Waals surface area (Å²) in [5.41, 5.74) is 2.82. The Morgan fingerprint density at radius 3 is 2.78 bits per heavy atom. The van der Waals surface area contributed by atoms with Crippen LogP contribution < -0.4 is 0 Å². The number of ketones is 1. The number of H-pyrrole nitrogens is 1. The molecule has 0 amide bonds. The highest BCUT2D eigenvalue weighted by atomic mass is 35.5. The molecule has 0 aliphatic carbocycles. The molecule has 0 saturated heterocycles. The Balaban J connectivity index is 1.79. The lowest BCUT2D eigenvalue weighted by molar-refractivity contribution is 0.0864. The summed E-state index contributed by atoms with van der Waals surface area (Å²) in [6.45, 7) is 2.62. The van der Waals surface area contributed by atoms with E-state index in [0.29, 0.717) is 11.6 Å². The summed E-state index contributed by atoms with van der Waals surface area (Å²) in [6, 6.07) is 15.4. The molecule has 0 radical (unpaired) electrons. The van der Waals surface area contributed by atoms with E-state index >= 15 is 0 Å². The number of benzene rings is 2. The second-order valence-electron chi connectivity index (χ2n) is 5.83. The summed E-state index contributed by atoms with van der Waals surface area (Å²) in [4.78, 5) is 18.0. The SMILES string of the molecule is CC(C(=O)c1c[nH]c2ccccc12)N(C)Cc1cccc(Cl)c1. The fourth-order valence-electron chi connectivity index (χ4n) is 2.76. The van der Waals surface area contributed by atoms with Crippen molar-refractivity contribution in [2.24, 2.45) is 0 Å². The summed E-state index contributed by atoms with van der Waals surface area (Å²) in [5, 5.41) is 1.69. The molecule has 0 saturated carbocycles. The van der Waals surface area contributed by atoms with E-state index < -0.39 is 0 Å². The van der Waals surface area contributed by atoms with Crippen molar-refractivity contribution in [3.63, 3.8) is 0 Å². The number of aromatic nitrogens is 1. The largest absolute Gasteiger partial charge is 0.360 e. The number of carbonyl (C=O) groups is 1. The van der Waals surface area contributed by atoms with Crippen molar-refractivity contribution in [3.8, 4) is 0 Å². The van der Waals surface area contributed by atoms with E-state index in [9.17, 15) is 4.79 Å². The third kappa shape index (κ3) is 3.31. The van der Waals surface area contributed by atoms with Crippen LogP contribution in [0.15, 0.2) is 54.7 Å². The maximum atomic E-state index is 12.8. The van der Waals surface area contributed by atoms with Gasteiger partial charge in [-0.3, -0.25) is 9.69 Å². The van der Waals surface area contributed by atoms with E-state index in [1.165, 1.54) is 0 Å². The van der Waals surface area contributed by atoms with Crippen molar-refractivity contribution in [2.75, 3.05) is 7.05 Å². The molecule has 1 unspecified atom stereocenters. The third-order valence-corrected chi connectivity index (χ3v) is 4.45. The first-order valence-corrected chi connectivity index (χ1v) is 7.99. The first kappa shape index (κ1) is 15.8. The minimum atomic E-state index is -0.215. The van der Waals surface area contributed by atoms with Gasteiger partial charge in [-0.25, -0.2) is 0 Å². The zero-order chi connectivity index (χ0) is 16.4. The quantitative estimate of drug-likeness (QED) is 0.699. The fourth-order valence-corrected chi connectivity index (χ4v) is 2.97. The summed E-state index contributed by atoms with van der Waals surface area (Å²) in [5.74, 6) is 0.118. The van der Waals surface area contributed by atoms with Gasteiger partial charge in [0.2, 0.25) is 0 Å². The van der Waals surface area contributed by atoms with Gasteiger partial charge in [0, 0.05) is 34.2 Å². The van der Waals surface area contributed by atoms with Crippen LogP contribution in [0.5, 0.6) is 0 Å². The van der Waals surface area contributed by atoms with Crippen LogP contribution in [-0.2, 0) is 6.54 Å². The van der Waals surface area contributed by atoms with Gasteiger partial charge in [-0.15, -0.1) is 0 Å². The Bertz CT molecular complexity index is 840. The number of rotatable bonds is 5. The third-order valence-electron chi connectivity index (χ3n) is 4.22. The predicted molar refractivity (Wildman–Crippen MR) is 95.0 cm³/mol. The van der Waals surface area contributed by atoms with Crippen LogP contribution >= 0.6 is 11.6 Å². The van der Waals surface area contributed by atoms with Crippen molar-refractivity contribution < 1.29 is 4.79 Å². The highest BCUT2D eigenvalue weighted by molar-refractivity contribution is 6.30. The van der Waals surface area contributed by atoms with Crippen molar-refractivity contribution >= 4 is 28.3 Å². The number of halogens is 1. The molecule has 4 heteroatoms. The van der Waals surface area contributed by atoms with Crippen molar-refractivity contribution in [2.45, 2.75) is 19.5 Å². The van der Waals surface area contributed by atoms with Gasteiger partial charge >= 0.3 is 0 Å². The molecule has 1 atom stereocenters. The molecule has 0 aliphatic heterocycles. The normalized spacial score (nSPS) is 12.7. The minimum Gasteiger partial charge on any atom is -0.360 e. The fraction of sp³-hybridized carbons (Fsp3) is 0.211. The lowest BCUT2D eigenvalue weighted by Crippen LogP contribution is -2.35. The van der Waals surface area contributed by atoms with E-state index in [1.54, 1.807) is 6.20 Å². The van der Waals surface area contributed by atoms with Gasteiger partial charge in [0.05, 0.1) is 6.04 Å². The average molecular weight is 327 g/mol. The summed E-state index contributed by atoms with van der Waals surface area (Å²) in [7, 11) is 1.96. The molecule has 3 nitrogen and oxygen atoms in total. The number of carbonyl (C=O) groups excluding carboxylic acids is 1. The Kier molecular flexibility index (Phi) is 4.51. The maximum absolute atomic E-state index is 12.8. The van der Waals surface area contributed by atoms with E-state index in [0.717, 1.165) is 22.0 Å². The number of nitrogens with one attached hydrogen (secondary N) is 1. The molecule has 1 N–H and O–H groups in total. The van der Waals surface area contributed by atoms with Gasteiger partial charge in [-0.1, -0.05) is 41.9 Å². The van der Waals surface area contributed by atoms with Gasteiger partial charge in [0.1, 0.15) is 0 Å². The maximum Gasteiger partial charge on any atom is 0.181 e. The molecule has 23 heavy (non-hydrogen) atoms. The van der Waals surface area contributed by atoms with Crippen molar-refractivity contribution in [1.82, 2.24) is 9.88 Å². The second-order valence-corrected chi connectivity index (χ2v) is 6.27. The number of likely N-dealkylation sites (N-methyl/N-ethyl adjacent to an activating group) is 1. The second kappa shape index (κ2) is 6.57. The van der Waals surface area contributed by atoms with Gasteiger partial charge in [0.15, 0.2) is 5.78 Å². The molecule has 0 bridgehead atoms. The molecule has 0 fully saturated rings. The topological polar surface area (TPSA) is 36.1 Å². The standard InChI is InChI=1S/C19H19ClN2O/c1-13(22(2)12-14-6-5-7-15(20)10-14)19(23)17-11-21-18-9-4-3-8-16(17)18/h3-11,13,21H,12H2,1-2H3. The van der Waals surface area contributed by atoms with E-state index in [2.05, 4.69) is 4.98 Å². The minimum absolute atomic E-state index is 0.118. The van der Waals surface area contributed by atoms with Crippen LogP contribution in [0.3, 0.4) is 0 Å². The number of Topliss-reactive ketones (excluding diaryl/α,β-unsaturated/α-hetero) is 1. The Morgan fingerprint density at radius 2 is 2.00 bits per heavy atom. The number of hydrogen-bond donors (Lipinski definition) is 1. The first-order chi connectivity index (χ1) is 11.1. The van der Waals surface area contributed by atoms with Crippen molar-refractivity contribution in [1.29, 1.82) is 0 Å². The van der Waals surface area contributed by atoms with Crippen molar-refractivity contribution in [3.05, 3.63) is 70.9 Å². The van der Waals surface area contributed by atoms with Crippen LogP contribution in [-0.4, -0.2) is 28.8 Å². The van der Waals surface area contributed by atoms with Crippen LogP contribution in [0, 0.1) is 0 Å². The number of hydrogen-bond acceptors (Lipinski definition) is 2. The summed E-state index contributed by atoms with van der Waals surface area (Å²) < 4.78 is 0. The Hall–Kier alpha value is -2.10. The zero-order valence-corrected chi connectivity index (χ0v) is 14.0. The Morgan fingerprint density at radius 1 is 1.22 bits per heavy atom. The van der Waals surface area contributed by atoms with E-state index in [4.69, 9.17) is 11.6 Å². The van der Waals surface area contributed by atoms with Crippen LogP contribution in [0.2, 0.25) is 5.02 Å². The van der Waals surface area contributed by atoms with Gasteiger partial charge in [-0.2, -0.15) is 0 Å². The number of para-hydroxylation sites is 1. The number of nitrogens with zero attached hydrogens (tertiary/aromatic N) is 1. The van der Waals surface area contributed by atoms with E-state index in [-0.39, 0.29) is 11.8 Å². The van der Waals surface area contributed by atoms with Crippen LogP contribution in [0.1, 0.15) is 22.8 Å². The monoisotopic (exact) mass is 326 g/mol. The van der Waals surface area contributed by atoms with Crippen LogP contribution in [0.4, 0.5) is 0 Å². The highest BCUT2D eigenvalue weighted by Gasteiger charge is 2.22. The smallest absolute Gasteiger partial charge is 0.181 e. The lowest BCUT2D eigenvalue weighted by atomic mass is 10.0. The molecular weight excluding hydrogens is 308 g/mol. The molecule has 1 heterocycles. The van der Waals surface area contributed by atoms with Gasteiger partial charge in [-0.05, 0) is 37.7 Å². The number of fused-ring (bicyclic) bond motifs is 1. The molecule has 3 aromatic rings. The first-order valence-electron chi connectivity index (χ1n) is 7.61. The van der Waals surface area contributed by atoms with Gasteiger partial charge < -0.3 is 4.98 Å². The zero-order valence-electron chi connectivity index (χ0n) is 13.2. The average Bonchev–Trinajstić information content (AvgIpc) is 2.97. The molecule has 118 valence electrons. The Labute approximate surface area is 140 Å². The summed E-state index contributed by atoms with van der Waals surface area (Å²) >= 11 is 6.03. The molecule has 3 rings (SSSR count). The highest BCUT2D eigenvalue weighted by Crippen LogP contribution is 2.21. The molecule has 0 spiro atoms. The predicted octanol–water partition coefficient (Wildman–Crippen LogP) is 4.52. The molecular formula is C19H19ClN2O. The summed E-state index contributed by atoms with van der Waals surface area (Å²) in [6.07, 6.45) is 1.80. The lowest BCUT2D eigenvalue weighted by Gasteiger charge is -2.23. The van der Waals surface area contributed by atoms with E-state index in [1.807, 2.05) is 67.4 Å². The van der Waals surface area contributed by atoms with Gasteiger partial charge in [0.25, 0.3) is 0 Å².